The molecule has 1 saturated carbocycles. The molecule has 0 aliphatic heterocycles. The van der Waals surface area contributed by atoms with E-state index in [4.69, 9.17) is 4.74 Å². The molecule has 1 aliphatic carbocycles. The summed E-state index contributed by atoms with van der Waals surface area (Å²) in [4.78, 5) is 41.6. The smallest absolute Gasteiger partial charge is 0.331 e. The van der Waals surface area contributed by atoms with E-state index in [0.717, 1.165) is 19.3 Å². The monoisotopic (exact) mass is 412 g/mol. The van der Waals surface area contributed by atoms with E-state index < -0.39 is 5.54 Å². The Kier molecular flexibility index (Phi) is 7.21. The van der Waals surface area contributed by atoms with E-state index in [9.17, 15) is 14.4 Å². The number of ether oxygens (including phenoxy) is 1. The third-order valence-electron chi connectivity index (χ3n) is 5.29. The zero-order valence-corrected chi connectivity index (χ0v) is 17.2. The van der Waals surface area contributed by atoms with Gasteiger partial charge in [0.1, 0.15) is 5.54 Å². The molecule has 2 amide bonds. The van der Waals surface area contributed by atoms with Crippen molar-refractivity contribution < 1.29 is 19.1 Å². The predicted octanol–water partition coefficient (Wildman–Crippen LogP) is 2.91. The molecular formula is C22H28N4O4. The Morgan fingerprint density at radius 1 is 1.20 bits per heavy atom. The van der Waals surface area contributed by atoms with Gasteiger partial charge in [0.05, 0.1) is 12.9 Å². The number of amides is 2. The van der Waals surface area contributed by atoms with Gasteiger partial charge in [-0.2, -0.15) is 0 Å². The molecule has 1 aliphatic rings. The summed E-state index contributed by atoms with van der Waals surface area (Å²) in [6, 6.07) is 6.72. The first kappa shape index (κ1) is 21.5. The van der Waals surface area contributed by atoms with Crippen LogP contribution in [0, 0.1) is 0 Å². The second kappa shape index (κ2) is 10.0. The van der Waals surface area contributed by atoms with Gasteiger partial charge in [-0.1, -0.05) is 25.3 Å². The third kappa shape index (κ3) is 5.46. The Morgan fingerprint density at radius 2 is 2.00 bits per heavy atom. The highest BCUT2D eigenvalue weighted by atomic mass is 16.5. The third-order valence-corrected chi connectivity index (χ3v) is 5.29. The minimum atomic E-state index is -0.977. The van der Waals surface area contributed by atoms with E-state index in [2.05, 4.69) is 15.6 Å². The lowest BCUT2D eigenvalue weighted by Gasteiger charge is -2.35. The second-order valence-electron chi connectivity index (χ2n) is 7.50. The van der Waals surface area contributed by atoms with Gasteiger partial charge in [-0.3, -0.25) is 9.59 Å². The Morgan fingerprint density at radius 3 is 2.70 bits per heavy atom. The van der Waals surface area contributed by atoms with Crippen LogP contribution in [-0.2, 0) is 20.9 Å². The van der Waals surface area contributed by atoms with E-state index in [0.29, 0.717) is 37.1 Å². The molecule has 1 heterocycles. The van der Waals surface area contributed by atoms with Crippen molar-refractivity contribution in [2.45, 2.75) is 57.5 Å². The van der Waals surface area contributed by atoms with Crippen LogP contribution in [0.4, 0.5) is 5.69 Å². The van der Waals surface area contributed by atoms with Crippen LogP contribution in [0.3, 0.4) is 0 Å². The summed E-state index contributed by atoms with van der Waals surface area (Å²) >= 11 is 0. The molecule has 2 N–H and O–H groups in total. The molecule has 30 heavy (non-hydrogen) atoms. The van der Waals surface area contributed by atoms with E-state index in [1.165, 1.54) is 0 Å². The molecule has 1 aromatic heterocycles. The van der Waals surface area contributed by atoms with Crippen molar-refractivity contribution in [3.63, 3.8) is 0 Å². The molecule has 3 rings (SSSR count). The van der Waals surface area contributed by atoms with Crippen molar-refractivity contribution >= 4 is 23.5 Å². The molecule has 8 heteroatoms. The Bertz CT molecular complexity index is 873. The number of nitrogens with one attached hydrogen (secondary N) is 2. The van der Waals surface area contributed by atoms with Crippen LogP contribution in [0.15, 0.2) is 43.0 Å². The Labute approximate surface area is 176 Å². The summed E-state index contributed by atoms with van der Waals surface area (Å²) in [5.41, 5.74) is -0.0566. The molecular weight excluding hydrogens is 384 g/mol. The standard InChI is InChI=1S/C22H28N4O4/c1-2-30-21(29)22(10-4-3-5-11-22)25-20(28)17-7-6-8-18(15-17)24-19(27)9-13-26-14-12-23-16-26/h6-8,12,14-16H,2-5,9-11,13H2,1H3,(H,24,27)(H,25,28). The number of nitrogens with zero attached hydrogens (tertiary/aromatic N) is 2. The van der Waals surface area contributed by atoms with E-state index in [1.807, 2.05) is 4.57 Å². The number of imidazole rings is 1. The van der Waals surface area contributed by atoms with Crippen LogP contribution in [-0.4, -0.2) is 39.5 Å². The zero-order valence-electron chi connectivity index (χ0n) is 17.2. The molecule has 1 aromatic carbocycles. The minimum Gasteiger partial charge on any atom is -0.464 e. The van der Waals surface area contributed by atoms with Crippen LogP contribution >= 0.6 is 0 Å². The van der Waals surface area contributed by atoms with Gasteiger partial charge in [0.15, 0.2) is 0 Å². The number of rotatable bonds is 8. The van der Waals surface area contributed by atoms with Crippen LogP contribution in [0.2, 0.25) is 0 Å². The van der Waals surface area contributed by atoms with E-state index >= 15 is 0 Å². The van der Waals surface area contributed by atoms with Gasteiger partial charge in [0.2, 0.25) is 5.91 Å². The lowest BCUT2D eigenvalue weighted by atomic mass is 9.81. The van der Waals surface area contributed by atoms with Crippen molar-refractivity contribution in [1.29, 1.82) is 0 Å². The lowest BCUT2D eigenvalue weighted by molar-refractivity contribution is -0.152. The molecule has 160 valence electrons. The van der Waals surface area contributed by atoms with Gasteiger partial charge in [-0.25, -0.2) is 9.78 Å². The molecule has 8 nitrogen and oxygen atoms in total. The summed E-state index contributed by atoms with van der Waals surface area (Å²) in [6.07, 6.45) is 9.32. The number of hydrogen-bond donors (Lipinski definition) is 2. The summed E-state index contributed by atoms with van der Waals surface area (Å²) in [5.74, 6) is -0.877. The van der Waals surface area contributed by atoms with Gasteiger partial charge in [-0.15, -0.1) is 0 Å². The largest absolute Gasteiger partial charge is 0.464 e. The fraction of sp³-hybridized carbons (Fsp3) is 0.455. The average Bonchev–Trinajstić information content (AvgIpc) is 3.27. The molecule has 1 fully saturated rings. The molecule has 0 spiro atoms. The topological polar surface area (TPSA) is 102 Å². The zero-order chi connectivity index (χ0) is 21.4. The number of carbonyl (C=O) groups excluding carboxylic acids is 3. The van der Waals surface area contributed by atoms with Gasteiger partial charge >= 0.3 is 5.97 Å². The maximum absolute atomic E-state index is 12.9. The van der Waals surface area contributed by atoms with Gasteiger partial charge in [0, 0.05) is 36.6 Å². The number of esters is 1. The van der Waals surface area contributed by atoms with Crippen molar-refractivity contribution in [3.05, 3.63) is 48.5 Å². The first-order chi connectivity index (χ1) is 14.5. The number of benzene rings is 1. The second-order valence-corrected chi connectivity index (χ2v) is 7.50. The normalized spacial score (nSPS) is 15.2. The maximum atomic E-state index is 12.9. The molecule has 0 bridgehead atoms. The number of anilines is 1. The van der Waals surface area contributed by atoms with Gasteiger partial charge < -0.3 is 19.9 Å². The van der Waals surface area contributed by atoms with E-state index in [-0.39, 0.29) is 24.4 Å². The Hall–Kier alpha value is -3.16. The van der Waals surface area contributed by atoms with Crippen molar-refractivity contribution in [2.75, 3.05) is 11.9 Å². The van der Waals surface area contributed by atoms with Crippen LogP contribution in [0.1, 0.15) is 55.8 Å². The summed E-state index contributed by atoms with van der Waals surface area (Å²) in [5, 5.41) is 5.73. The minimum absolute atomic E-state index is 0.156. The van der Waals surface area contributed by atoms with E-state index in [1.54, 1.807) is 49.9 Å². The highest BCUT2D eigenvalue weighted by Crippen LogP contribution is 2.30. The quantitative estimate of drug-likeness (QED) is 0.649. The first-order valence-electron chi connectivity index (χ1n) is 10.4. The molecule has 0 radical (unpaired) electrons. The SMILES string of the molecule is CCOC(=O)C1(NC(=O)c2cccc(NC(=O)CCn3ccnc3)c2)CCCCC1. The van der Waals surface area contributed by atoms with Gasteiger partial charge in [0.25, 0.3) is 5.91 Å². The van der Waals surface area contributed by atoms with Gasteiger partial charge in [-0.05, 0) is 38.0 Å². The summed E-state index contributed by atoms with van der Waals surface area (Å²) in [7, 11) is 0. The van der Waals surface area contributed by atoms with Crippen molar-refractivity contribution in [3.8, 4) is 0 Å². The molecule has 0 saturated heterocycles. The average molecular weight is 412 g/mol. The lowest BCUT2D eigenvalue weighted by Crippen LogP contribution is -2.56. The highest BCUT2D eigenvalue weighted by Gasteiger charge is 2.42. The van der Waals surface area contributed by atoms with Crippen molar-refractivity contribution in [1.82, 2.24) is 14.9 Å². The van der Waals surface area contributed by atoms with Crippen molar-refractivity contribution in [2.24, 2.45) is 0 Å². The number of carbonyl (C=O) groups is 3. The molecule has 0 unspecified atom stereocenters. The first-order valence-corrected chi connectivity index (χ1v) is 10.4. The molecule has 0 atom stereocenters. The maximum Gasteiger partial charge on any atom is 0.331 e. The Balaban J connectivity index is 1.64. The number of aromatic nitrogens is 2. The predicted molar refractivity (Wildman–Crippen MR) is 112 cm³/mol. The fourth-order valence-corrected chi connectivity index (χ4v) is 3.71. The summed E-state index contributed by atoms with van der Waals surface area (Å²) in [6.45, 7) is 2.56. The molecule has 2 aromatic rings. The highest BCUT2D eigenvalue weighted by molar-refractivity contribution is 6.00. The van der Waals surface area contributed by atoms with Crippen LogP contribution < -0.4 is 10.6 Å². The summed E-state index contributed by atoms with van der Waals surface area (Å²) < 4.78 is 7.06. The number of aryl methyl sites for hydroxylation is 1. The number of hydrogen-bond acceptors (Lipinski definition) is 5. The van der Waals surface area contributed by atoms with Crippen LogP contribution in [0.25, 0.3) is 0 Å². The fourth-order valence-electron chi connectivity index (χ4n) is 3.71. The van der Waals surface area contributed by atoms with Crippen LogP contribution in [0.5, 0.6) is 0 Å².